The second-order valence-electron chi connectivity index (χ2n) is 7.18. The van der Waals surface area contributed by atoms with E-state index in [1.807, 2.05) is 74.5 Å². The van der Waals surface area contributed by atoms with Gasteiger partial charge in [0.05, 0.1) is 0 Å². The van der Waals surface area contributed by atoms with Gasteiger partial charge in [0.15, 0.2) is 0 Å². The Morgan fingerprint density at radius 3 is 2.35 bits per heavy atom. The summed E-state index contributed by atoms with van der Waals surface area (Å²) in [7, 11) is 0. The zero-order valence-electron chi connectivity index (χ0n) is 17.5. The van der Waals surface area contributed by atoms with E-state index in [0.717, 1.165) is 28.1 Å². The van der Waals surface area contributed by atoms with Crippen molar-refractivity contribution in [1.82, 2.24) is 0 Å². The van der Waals surface area contributed by atoms with Crippen molar-refractivity contribution in [2.45, 2.75) is 36.8 Å². The van der Waals surface area contributed by atoms with Crippen LogP contribution in [0.25, 0.3) is 0 Å². The molecule has 31 heavy (non-hydrogen) atoms. The Balaban J connectivity index is 1.79. The number of hydrogen-bond acceptors (Lipinski definition) is 3. The highest BCUT2D eigenvalue weighted by Gasteiger charge is 2.23. The molecule has 160 valence electrons. The third-order valence-corrected chi connectivity index (χ3v) is 6.17. The largest absolute Gasteiger partial charge is 0.326 e. The number of anilines is 2. The quantitative estimate of drug-likeness (QED) is 0.367. The van der Waals surface area contributed by atoms with Gasteiger partial charge >= 0.3 is 0 Å². The summed E-state index contributed by atoms with van der Waals surface area (Å²) in [5.41, 5.74) is 3.30. The van der Waals surface area contributed by atoms with Crippen LogP contribution in [0.4, 0.5) is 11.4 Å². The highest BCUT2D eigenvalue weighted by atomic mass is 35.5. The summed E-state index contributed by atoms with van der Waals surface area (Å²) in [5.74, 6) is -0.122. The van der Waals surface area contributed by atoms with E-state index in [1.165, 1.54) is 11.8 Å². The Hall–Kier alpha value is -2.76. The molecular formula is C25H25ClN2O2S. The van der Waals surface area contributed by atoms with E-state index >= 15 is 0 Å². The molecule has 3 aromatic carbocycles. The molecule has 1 atom stereocenters. The number of nitrogens with one attached hydrogen (secondary N) is 2. The second-order valence-corrected chi connectivity index (χ2v) is 8.79. The van der Waals surface area contributed by atoms with E-state index in [9.17, 15) is 9.59 Å². The number of rotatable bonds is 8. The molecule has 0 aliphatic carbocycles. The SMILES string of the molecule is CCCC(=O)Nc1ccc(SC(C(=O)Nc2cc(Cl)ccc2C)c2ccccc2)cc1. The molecule has 1 unspecified atom stereocenters. The van der Waals surface area contributed by atoms with Gasteiger partial charge in [0.25, 0.3) is 0 Å². The summed E-state index contributed by atoms with van der Waals surface area (Å²) in [6.07, 6.45) is 1.30. The minimum atomic E-state index is -0.444. The normalized spacial score (nSPS) is 11.6. The van der Waals surface area contributed by atoms with Crippen molar-refractivity contribution in [3.8, 4) is 0 Å². The molecule has 0 fully saturated rings. The summed E-state index contributed by atoms with van der Waals surface area (Å²) >= 11 is 7.57. The van der Waals surface area contributed by atoms with Crippen molar-refractivity contribution >= 4 is 46.6 Å². The number of carbonyl (C=O) groups is 2. The van der Waals surface area contributed by atoms with Crippen LogP contribution in [0.5, 0.6) is 0 Å². The van der Waals surface area contributed by atoms with Crippen LogP contribution in [0.3, 0.4) is 0 Å². The molecule has 6 heteroatoms. The Labute approximate surface area is 192 Å². The van der Waals surface area contributed by atoms with Gasteiger partial charge in [0, 0.05) is 27.7 Å². The minimum Gasteiger partial charge on any atom is -0.326 e. The van der Waals surface area contributed by atoms with Crippen LogP contribution >= 0.6 is 23.4 Å². The fourth-order valence-electron chi connectivity index (χ4n) is 3.03. The second kappa shape index (κ2) is 11.0. The molecule has 0 saturated carbocycles. The van der Waals surface area contributed by atoms with Gasteiger partial charge in [-0.15, -0.1) is 11.8 Å². The maximum absolute atomic E-state index is 13.2. The number of benzene rings is 3. The first-order chi connectivity index (χ1) is 15.0. The van der Waals surface area contributed by atoms with Gasteiger partial charge in [0.1, 0.15) is 5.25 Å². The van der Waals surface area contributed by atoms with Gasteiger partial charge in [0.2, 0.25) is 11.8 Å². The van der Waals surface area contributed by atoms with Gasteiger partial charge in [-0.2, -0.15) is 0 Å². The third kappa shape index (κ3) is 6.61. The highest BCUT2D eigenvalue weighted by Crippen LogP contribution is 2.37. The molecule has 3 aromatic rings. The van der Waals surface area contributed by atoms with E-state index < -0.39 is 5.25 Å². The molecule has 0 radical (unpaired) electrons. The van der Waals surface area contributed by atoms with Crippen molar-refractivity contribution in [1.29, 1.82) is 0 Å². The van der Waals surface area contributed by atoms with Gasteiger partial charge < -0.3 is 10.6 Å². The van der Waals surface area contributed by atoms with Crippen LogP contribution in [0, 0.1) is 6.92 Å². The van der Waals surface area contributed by atoms with Crippen LogP contribution in [-0.4, -0.2) is 11.8 Å². The Bertz CT molecular complexity index is 1040. The van der Waals surface area contributed by atoms with Gasteiger partial charge in [-0.3, -0.25) is 9.59 Å². The van der Waals surface area contributed by atoms with Crippen LogP contribution < -0.4 is 10.6 Å². The van der Waals surface area contributed by atoms with Crippen molar-refractivity contribution < 1.29 is 9.59 Å². The van der Waals surface area contributed by atoms with Crippen molar-refractivity contribution in [2.75, 3.05) is 10.6 Å². The van der Waals surface area contributed by atoms with Crippen LogP contribution in [0.2, 0.25) is 5.02 Å². The number of thioether (sulfide) groups is 1. The average Bonchev–Trinajstić information content (AvgIpc) is 2.76. The standard InChI is InChI=1S/C25H25ClN2O2S/c1-3-7-23(29)27-20-12-14-21(15-13-20)31-24(18-8-5-4-6-9-18)25(30)28-22-16-19(26)11-10-17(22)2/h4-6,8-16,24H,3,7H2,1-2H3,(H,27,29)(H,28,30). The molecule has 3 rings (SSSR count). The van der Waals surface area contributed by atoms with Crippen molar-refractivity contribution in [3.05, 3.63) is 88.9 Å². The van der Waals surface area contributed by atoms with E-state index in [0.29, 0.717) is 17.1 Å². The van der Waals surface area contributed by atoms with E-state index in [4.69, 9.17) is 11.6 Å². The molecule has 0 aliphatic heterocycles. The van der Waals surface area contributed by atoms with E-state index in [-0.39, 0.29) is 11.8 Å². The minimum absolute atomic E-state index is 0.00124. The summed E-state index contributed by atoms with van der Waals surface area (Å²) in [5, 5.41) is 6.03. The fourth-order valence-corrected chi connectivity index (χ4v) is 4.23. The highest BCUT2D eigenvalue weighted by molar-refractivity contribution is 8.00. The van der Waals surface area contributed by atoms with E-state index in [1.54, 1.807) is 12.1 Å². The molecule has 2 N–H and O–H groups in total. The molecule has 0 aromatic heterocycles. The maximum Gasteiger partial charge on any atom is 0.242 e. The zero-order valence-corrected chi connectivity index (χ0v) is 19.1. The van der Waals surface area contributed by atoms with Gasteiger partial charge in [-0.05, 0) is 60.9 Å². The maximum atomic E-state index is 13.2. The predicted octanol–water partition coefficient (Wildman–Crippen LogP) is 6.86. The molecule has 0 aliphatic rings. The molecule has 0 saturated heterocycles. The first kappa shape index (κ1) is 22.9. The smallest absolute Gasteiger partial charge is 0.242 e. The third-order valence-electron chi connectivity index (χ3n) is 4.67. The first-order valence-corrected chi connectivity index (χ1v) is 11.4. The molecule has 2 amide bonds. The number of halogens is 1. The fraction of sp³-hybridized carbons (Fsp3) is 0.200. The lowest BCUT2D eigenvalue weighted by atomic mass is 10.1. The molecule has 0 spiro atoms. The molecule has 4 nitrogen and oxygen atoms in total. The van der Waals surface area contributed by atoms with Crippen LogP contribution in [-0.2, 0) is 9.59 Å². The first-order valence-electron chi connectivity index (χ1n) is 10.1. The van der Waals surface area contributed by atoms with Gasteiger partial charge in [-0.1, -0.05) is 54.9 Å². The van der Waals surface area contributed by atoms with Crippen molar-refractivity contribution in [2.24, 2.45) is 0 Å². The lowest BCUT2D eigenvalue weighted by molar-refractivity contribution is -0.116. The zero-order chi connectivity index (χ0) is 22.2. The number of aryl methyl sites for hydroxylation is 1. The topological polar surface area (TPSA) is 58.2 Å². The molecule has 0 bridgehead atoms. The lowest BCUT2D eigenvalue weighted by Crippen LogP contribution is -2.19. The summed E-state index contributed by atoms with van der Waals surface area (Å²) in [6.45, 7) is 3.90. The van der Waals surface area contributed by atoms with E-state index in [2.05, 4.69) is 10.6 Å². The number of hydrogen-bond donors (Lipinski definition) is 2. The Morgan fingerprint density at radius 2 is 1.68 bits per heavy atom. The molecule has 0 heterocycles. The molecular weight excluding hydrogens is 428 g/mol. The number of amides is 2. The Kier molecular flexibility index (Phi) is 8.15. The average molecular weight is 453 g/mol. The summed E-state index contributed by atoms with van der Waals surface area (Å²) in [4.78, 5) is 26.0. The van der Waals surface area contributed by atoms with Crippen LogP contribution in [0.1, 0.15) is 36.1 Å². The monoisotopic (exact) mass is 452 g/mol. The lowest BCUT2D eigenvalue weighted by Gasteiger charge is -2.18. The summed E-state index contributed by atoms with van der Waals surface area (Å²) < 4.78 is 0. The van der Waals surface area contributed by atoms with Crippen molar-refractivity contribution in [3.63, 3.8) is 0 Å². The Morgan fingerprint density at radius 1 is 0.968 bits per heavy atom. The summed E-state index contributed by atoms with van der Waals surface area (Å²) in [6, 6.07) is 22.7. The predicted molar refractivity (Wildman–Crippen MR) is 130 cm³/mol. The van der Waals surface area contributed by atoms with Gasteiger partial charge in [-0.25, -0.2) is 0 Å². The van der Waals surface area contributed by atoms with Crippen LogP contribution in [0.15, 0.2) is 77.7 Å². The number of carbonyl (C=O) groups excluding carboxylic acids is 2.